The molecule has 0 saturated heterocycles. The number of hydrogen-bond acceptors (Lipinski definition) is 2. The second-order valence-corrected chi connectivity index (χ2v) is 4.97. The Morgan fingerprint density at radius 1 is 1.22 bits per heavy atom. The van der Waals surface area contributed by atoms with E-state index in [1.807, 2.05) is 0 Å². The van der Waals surface area contributed by atoms with Crippen molar-refractivity contribution in [3.05, 3.63) is 23.5 Å². The minimum Gasteiger partial charge on any atom is -0.349 e. The normalized spacial score (nSPS) is 15.7. The third kappa shape index (κ3) is 3.85. The van der Waals surface area contributed by atoms with Gasteiger partial charge in [0.15, 0.2) is 0 Å². The predicted molar refractivity (Wildman–Crippen MR) is 70.3 cm³/mol. The van der Waals surface area contributed by atoms with E-state index in [-0.39, 0.29) is 6.15 Å². The second kappa shape index (κ2) is 7.88. The zero-order valence-corrected chi connectivity index (χ0v) is 11.4. The molecule has 3 nitrogen and oxygen atoms in total. The Balaban J connectivity index is 0.000000492. The van der Waals surface area contributed by atoms with Crippen LogP contribution in [0.25, 0.3) is 0 Å². The fourth-order valence-corrected chi connectivity index (χ4v) is 2.87. The molecule has 0 aliphatic heterocycles. The molecule has 0 spiro atoms. The summed E-state index contributed by atoms with van der Waals surface area (Å²) in [6.07, 6.45) is 8.63. The highest BCUT2D eigenvalue weighted by molar-refractivity contribution is 5.20. The van der Waals surface area contributed by atoms with Crippen molar-refractivity contribution in [3.63, 3.8) is 0 Å². The molecule has 1 aromatic heterocycles. The van der Waals surface area contributed by atoms with E-state index in [0.29, 0.717) is 0 Å². The number of carbonyl (C=O) groups excluding carboxylic acids is 2. The molecule has 18 heavy (non-hydrogen) atoms. The summed E-state index contributed by atoms with van der Waals surface area (Å²) in [5.74, 6) is 0.846. The van der Waals surface area contributed by atoms with Crippen LogP contribution in [0.2, 0.25) is 0 Å². The molecule has 0 unspecified atom stereocenters. The van der Waals surface area contributed by atoms with Gasteiger partial charge in [-0.05, 0) is 44.2 Å². The minimum atomic E-state index is 0.250. The highest BCUT2D eigenvalue weighted by Gasteiger charge is 2.18. The fraction of sp³-hybridized carbons (Fsp3) is 0.667. The summed E-state index contributed by atoms with van der Waals surface area (Å²) in [4.78, 5) is 16.2. The fourth-order valence-electron chi connectivity index (χ4n) is 2.87. The van der Waals surface area contributed by atoms with Crippen LogP contribution in [0, 0.1) is 6.92 Å². The first-order valence-electron chi connectivity index (χ1n) is 6.89. The zero-order valence-electron chi connectivity index (χ0n) is 11.4. The van der Waals surface area contributed by atoms with Gasteiger partial charge in [0.2, 0.25) is 0 Å². The van der Waals surface area contributed by atoms with Gasteiger partial charge in [-0.2, -0.15) is 9.59 Å². The molecule has 100 valence electrons. The average Bonchev–Trinajstić information content (AvgIpc) is 2.74. The van der Waals surface area contributed by atoms with Crippen molar-refractivity contribution in [3.8, 4) is 0 Å². The van der Waals surface area contributed by atoms with Gasteiger partial charge >= 0.3 is 6.15 Å². The lowest BCUT2D eigenvalue weighted by Crippen LogP contribution is -2.11. The van der Waals surface area contributed by atoms with Crippen LogP contribution in [-0.2, 0) is 16.1 Å². The van der Waals surface area contributed by atoms with Gasteiger partial charge in [0.1, 0.15) is 0 Å². The Morgan fingerprint density at radius 3 is 2.39 bits per heavy atom. The third-order valence-corrected chi connectivity index (χ3v) is 3.70. The Labute approximate surface area is 109 Å². The molecule has 1 heterocycles. The van der Waals surface area contributed by atoms with Crippen LogP contribution in [0.3, 0.4) is 0 Å². The van der Waals surface area contributed by atoms with Gasteiger partial charge in [-0.3, -0.25) is 0 Å². The number of rotatable bonds is 3. The lowest BCUT2D eigenvalue weighted by Gasteiger charge is -2.24. The largest absolute Gasteiger partial charge is 0.373 e. The van der Waals surface area contributed by atoms with Crippen LogP contribution < -0.4 is 0 Å². The van der Waals surface area contributed by atoms with E-state index < -0.39 is 0 Å². The molecule has 1 aliphatic rings. The van der Waals surface area contributed by atoms with Crippen LogP contribution in [-0.4, -0.2) is 10.7 Å². The SMILES string of the molecule is CCCn1c(C)ccc1C1CCCCC1.O=C=O. The second-order valence-electron chi connectivity index (χ2n) is 4.97. The van der Waals surface area contributed by atoms with Crippen molar-refractivity contribution in [2.24, 2.45) is 0 Å². The summed E-state index contributed by atoms with van der Waals surface area (Å²) < 4.78 is 2.54. The first-order chi connectivity index (χ1) is 8.74. The summed E-state index contributed by atoms with van der Waals surface area (Å²) in [6.45, 7) is 5.71. The van der Waals surface area contributed by atoms with E-state index >= 15 is 0 Å². The van der Waals surface area contributed by atoms with Gasteiger partial charge in [0.25, 0.3) is 0 Å². The van der Waals surface area contributed by atoms with E-state index in [4.69, 9.17) is 9.59 Å². The molecular weight excluding hydrogens is 226 g/mol. The maximum Gasteiger partial charge on any atom is 0.373 e. The molecule has 0 bridgehead atoms. The van der Waals surface area contributed by atoms with Crippen molar-refractivity contribution < 1.29 is 9.59 Å². The summed E-state index contributed by atoms with van der Waals surface area (Å²) in [7, 11) is 0. The standard InChI is InChI=1S/C14H23N.CO2/c1-3-11-15-12(2)9-10-14(15)13-7-5-4-6-8-13;2-1-3/h9-10,13H,3-8,11H2,1-2H3;. The van der Waals surface area contributed by atoms with E-state index in [1.165, 1.54) is 50.8 Å². The highest BCUT2D eigenvalue weighted by Crippen LogP contribution is 2.33. The number of aryl methyl sites for hydroxylation is 1. The number of nitrogens with zero attached hydrogens (tertiary/aromatic N) is 1. The molecule has 0 atom stereocenters. The Bertz CT molecular complexity index is 383. The average molecular weight is 249 g/mol. The predicted octanol–water partition coefficient (Wildman–Crippen LogP) is 3.67. The van der Waals surface area contributed by atoms with E-state index in [1.54, 1.807) is 5.69 Å². The summed E-state index contributed by atoms with van der Waals surface area (Å²) in [6, 6.07) is 4.65. The molecular formula is C15H23NO2. The highest BCUT2D eigenvalue weighted by atomic mass is 16.2. The lowest BCUT2D eigenvalue weighted by atomic mass is 9.87. The lowest BCUT2D eigenvalue weighted by molar-refractivity contribution is -0.191. The first-order valence-corrected chi connectivity index (χ1v) is 6.89. The van der Waals surface area contributed by atoms with Gasteiger partial charge in [0.05, 0.1) is 0 Å². The quantitative estimate of drug-likeness (QED) is 0.819. The van der Waals surface area contributed by atoms with Crippen LogP contribution >= 0.6 is 0 Å². The summed E-state index contributed by atoms with van der Waals surface area (Å²) in [5, 5.41) is 0. The van der Waals surface area contributed by atoms with Crippen LogP contribution in [0.5, 0.6) is 0 Å². The van der Waals surface area contributed by atoms with E-state index in [2.05, 4.69) is 30.5 Å². The van der Waals surface area contributed by atoms with Gasteiger partial charge in [-0.25, -0.2) is 0 Å². The molecule has 1 saturated carbocycles. The van der Waals surface area contributed by atoms with Crippen molar-refractivity contribution in [2.45, 2.75) is 64.8 Å². The molecule has 0 radical (unpaired) electrons. The Kier molecular flexibility index (Phi) is 6.45. The van der Waals surface area contributed by atoms with Crippen molar-refractivity contribution in [1.29, 1.82) is 0 Å². The van der Waals surface area contributed by atoms with Crippen LogP contribution in [0.1, 0.15) is 62.8 Å². The minimum absolute atomic E-state index is 0.250. The maximum atomic E-state index is 8.12. The topological polar surface area (TPSA) is 39.1 Å². The smallest absolute Gasteiger partial charge is 0.349 e. The molecule has 0 amide bonds. The van der Waals surface area contributed by atoms with Crippen molar-refractivity contribution >= 4 is 6.15 Å². The third-order valence-electron chi connectivity index (χ3n) is 3.70. The Hall–Kier alpha value is -1.34. The zero-order chi connectivity index (χ0) is 13.4. The molecule has 0 aromatic carbocycles. The number of aromatic nitrogens is 1. The molecule has 1 fully saturated rings. The van der Waals surface area contributed by atoms with Gasteiger partial charge in [-0.15, -0.1) is 0 Å². The first kappa shape index (κ1) is 14.7. The monoisotopic (exact) mass is 249 g/mol. The Morgan fingerprint density at radius 2 is 1.83 bits per heavy atom. The van der Waals surface area contributed by atoms with E-state index in [0.717, 1.165) is 5.92 Å². The number of hydrogen-bond donors (Lipinski definition) is 0. The molecule has 2 rings (SSSR count). The summed E-state index contributed by atoms with van der Waals surface area (Å²) in [5.41, 5.74) is 3.05. The molecule has 1 aromatic rings. The van der Waals surface area contributed by atoms with Crippen molar-refractivity contribution in [1.82, 2.24) is 4.57 Å². The van der Waals surface area contributed by atoms with Gasteiger partial charge in [0, 0.05) is 17.9 Å². The molecule has 1 aliphatic carbocycles. The van der Waals surface area contributed by atoms with Crippen molar-refractivity contribution in [2.75, 3.05) is 0 Å². The van der Waals surface area contributed by atoms with Gasteiger partial charge in [-0.1, -0.05) is 26.2 Å². The van der Waals surface area contributed by atoms with E-state index in [9.17, 15) is 0 Å². The van der Waals surface area contributed by atoms with Crippen LogP contribution in [0.15, 0.2) is 12.1 Å². The maximum absolute atomic E-state index is 8.12. The summed E-state index contributed by atoms with van der Waals surface area (Å²) >= 11 is 0. The molecule has 0 N–H and O–H groups in total. The van der Waals surface area contributed by atoms with Crippen LogP contribution in [0.4, 0.5) is 0 Å². The molecule has 3 heteroatoms. The van der Waals surface area contributed by atoms with Gasteiger partial charge < -0.3 is 4.57 Å².